The number of carbonyl (C=O) groups is 1. The van der Waals surface area contributed by atoms with Crippen LogP contribution in [0.25, 0.3) is 0 Å². The summed E-state index contributed by atoms with van der Waals surface area (Å²) in [6.45, 7) is 5.88. The van der Waals surface area contributed by atoms with Gasteiger partial charge in [0.05, 0.1) is 7.11 Å². The van der Waals surface area contributed by atoms with Crippen molar-refractivity contribution < 1.29 is 9.53 Å². The highest BCUT2D eigenvalue weighted by Gasteiger charge is 2.38. The van der Waals surface area contributed by atoms with E-state index in [0.29, 0.717) is 31.9 Å². The van der Waals surface area contributed by atoms with E-state index in [9.17, 15) is 4.79 Å². The van der Waals surface area contributed by atoms with Crippen molar-refractivity contribution in [3.8, 4) is 5.75 Å². The zero-order chi connectivity index (χ0) is 18.7. The first-order chi connectivity index (χ1) is 12.5. The molecule has 1 amide bonds. The fraction of sp³-hybridized carbons (Fsp3) is 0.556. The molecule has 26 heavy (non-hydrogen) atoms. The molecule has 2 atom stereocenters. The molecule has 140 valence electrons. The van der Waals surface area contributed by atoms with Gasteiger partial charge in [-0.3, -0.25) is 4.79 Å². The maximum absolute atomic E-state index is 13.3. The Bertz CT molecular complexity index is 777. The van der Waals surface area contributed by atoms with E-state index in [-0.39, 0.29) is 11.3 Å². The summed E-state index contributed by atoms with van der Waals surface area (Å²) in [6.07, 6.45) is 1.41. The Morgan fingerprint density at radius 3 is 2.88 bits per heavy atom. The van der Waals surface area contributed by atoms with Crippen molar-refractivity contribution in [3.05, 3.63) is 35.7 Å². The first kappa shape index (κ1) is 18.3. The van der Waals surface area contributed by atoms with Crippen molar-refractivity contribution in [2.45, 2.75) is 32.7 Å². The zero-order valence-corrected chi connectivity index (χ0v) is 15.6. The molecule has 2 aromatic rings. The number of carbonyl (C=O) groups excluding carboxylic acids is 1. The Hall–Kier alpha value is -2.48. The smallest absolute Gasteiger partial charge is 0.247 e. The molecule has 1 aliphatic rings. The molecule has 1 saturated heterocycles. The monoisotopic (exact) mass is 358 g/mol. The third-order valence-corrected chi connectivity index (χ3v) is 5.16. The Morgan fingerprint density at radius 2 is 2.27 bits per heavy atom. The van der Waals surface area contributed by atoms with Gasteiger partial charge in [0.1, 0.15) is 17.6 Å². The lowest BCUT2D eigenvalue weighted by Gasteiger charge is -2.26. The second kappa shape index (κ2) is 7.41. The summed E-state index contributed by atoms with van der Waals surface area (Å²) < 4.78 is 6.91. The SMILES string of the molecule is COc1cccc(CC(C(=O)N2CCC(C)(CN)C2)n2nnnc2C)c1. The number of likely N-dealkylation sites (tertiary alicyclic amines) is 1. The molecule has 2 heterocycles. The number of ether oxygens (including phenoxy) is 1. The van der Waals surface area contributed by atoms with E-state index in [1.165, 1.54) is 0 Å². The summed E-state index contributed by atoms with van der Waals surface area (Å²) in [5, 5.41) is 11.7. The van der Waals surface area contributed by atoms with Crippen molar-refractivity contribution in [2.24, 2.45) is 11.1 Å². The molecule has 8 heteroatoms. The third kappa shape index (κ3) is 3.70. The summed E-state index contributed by atoms with van der Waals surface area (Å²) in [4.78, 5) is 15.2. The number of nitrogens with zero attached hydrogens (tertiary/aromatic N) is 5. The Morgan fingerprint density at radius 1 is 1.46 bits per heavy atom. The molecule has 1 aromatic carbocycles. The molecule has 0 radical (unpaired) electrons. The molecule has 2 N–H and O–H groups in total. The van der Waals surface area contributed by atoms with Gasteiger partial charge < -0.3 is 15.4 Å². The van der Waals surface area contributed by atoms with Gasteiger partial charge in [0, 0.05) is 19.5 Å². The number of methoxy groups -OCH3 is 1. The van der Waals surface area contributed by atoms with Crippen LogP contribution in [0.2, 0.25) is 0 Å². The largest absolute Gasteiger partial charge is 0.497 e. The van der Waals surface area contributed by atoms with Gasteiger partial charge >= 0.3 is 0 Å². The van der Waals surface area contributed by atoms with Crippen LogP contribution in [0.4, 0.5) is 0 Å². The quantitative estimate of drug-likeness (QED) is 0.826. The highest BCUT2D eigenvalue weighted by atomic mass is 16.5. The molecule has 1 aliphatic heterocycles. The minimum atomic E-state index is -0.489. The van der Waals surface area contributed by atoms with Crippen molar-refractivity contribution in [2.75, 3.05) is 26.7 Å². The lowest BCUT2D eigenvalue weighted by Crippen LogP contribution is -2.40. The molecule has 0 saturated carbocycles. The Labute approximate surface area is 153 Å². The van der Waals surface area contributed by atoms with E-state index in [2.05, 4.69) is 22.4 Å². The molecule has 1 fully saturated rings. The number of nitrogens with two attached hydrogens (primary N) is 1. The van der Waals surface area contributed by atoms with Gasteiger partial charge in [-0.25, -0.2) is 4.68 Å². The standard InChI is InChI=1S/C18H26N6O2/c1-13-20-21-22-24(13)16(10-14-5-4-6-15(9-14)26-3)17(25)23-8-7-18(2,11-19)12-23/h4-6,9,16H,7-8,10-12,19H2,1-3H3. The lowest BCUT2D eigenvalue weighted by molar-refractivity contribution is -0.134. The molecule has 2 unspecified atom stereocenters. The van der Waals surface area contributed by atoms with E-state index >= 15 is 0 Å². The van der Waals surface area contributed by atoms with Crippen LogP contribution in [0, 0.1) is 12.3 Å². The minimum Gasteiger partial charge on any atom is -0.497 e. The topological polar surface area (TPSA) is 99.2 Å². The van der Waals surface area contributed by atoms with E-state index in [0.717, 1.165) is 17.7 Å². The molecular formula is C18H26N6O2. The normalized spacial score (nSPS) is 21.0. The number of rotatable bonds is 6. The van der Waals surface area contributed by atoms with E-state index < -0.39 is 6.04 Å². The van der Waals surface area contributed by atoms with Gasteiger partial charge in [0.25, 0.3) is 0 Å². The zero-order valence-electron chi connectivity index (χ0n) is 15.6. The van der Waals surface area contributed by atoms with Crippen LogP contribution in [0.1, 0.15) is 30.8 Å². The number of aryl methyl sites for hydroxylation is 1. The van der Waals surface area contributed by atoms with E-state index in [1.54, 1.807) is 18.7 Å². The average Bonchev–Trinajstić information content (AvgIpc) is 3.26. The van der Waals surface area contributed by atoms with Crippen LogP contribution in [0.3, 0.4) is 0 Å². The van der Waals surface area contributed by atoms with Crippen LogP contribution >= 0.6 is 0 Å². The Kier molecular flexibility index (Phi) is 5.22. The van der Waals surface area contributed by atoms with Crippen molar-refractivity contribution in [1.82, 2.24) is 25.1 Å². The predicted molar refractivity (Wildman–Crippen MR) is 96.6 cm³/mol. The van der Waals surface area contributed by atoms with Crippen LogP contribution in [-0.4, -0.2) is 57.8 Å². The fourth-order valence-corrected chi connectivity index (χ4v) is 3.42. The number of amides is 1. The molecular weight excluding hydrogens is 332 g/mol. The number of tetrazole rings is 1. The number of hydrogen-bond acceptors (Lipinski definition) is 6. The van der Waals surface area contributed by atoms with Crippen LogP contribution in [0.15, 0.2) is 24.3 Å². The first-order valence-corrected chi connectivity index (χ1v) is 8.82. The highest BCUT2D eigenvalue weighted by Crippen LogP contribution is 2.31. The van der Waals surface area contributed by atoms with Crippen molar-refractivity contribution in [3.63, 3.8) is 0 Å². The molecule has 1 aromatic heterocycles. The van der Waals surface area contributed by atoms with Gasteiger partial charge in [-0.2, -0.15) is 0 Å². The van der Waals surface area contributed by atoms with E-state index in [4.69, 9.17) is 10.5 Å². The van der Waals surface area contributed by atoms with Crippen molar-refractivity contribution in [1.29, 1.82) is 0 Å². The summed E-state index contributed by atoms with van der Waals surface area (Å²) in [5.41, 5.74) is 6.87. The number of aromatic nitrogens is 4. The maximum Gasteiger partial charge on any atom is 0.247 e. The Balaban J connectivity index is 1.87. The summed E-state index contributed by atoms with van der Waals surface area (Å²) in [6, 6.07) is 7.24. The molecule has 0 aliphatic carbocycles. The van der Waals surface area contributed by atoms with Crippen LogP contribution in [0.5, 0.6) is 5.75 Å². The summed E-state index contributed by atoms with van der Waals surface area (Å²) in [7, 11) is 1.63. The average molecular weight is 358 g/mol. The van der Waals surface area contributed by atoms with Gasteiger partial charge in [0.15, 0.2) is 0 Å². The minimum absolute atomic E-state index is 0.0220. The predicted octanol–water partition coefficient (Wildman–Crippen LogP) is 0.971. The van der Waals surface area contributed by atoms with Gasteiger partial charge in [-0.1, -0.05) is 19.1 Å². The number of hydrogen-bond donors (Lipinski definition) is 1. The van der Waals surface area contributed by atoms with Crippen molar-refractivity contribution >= 4 is 5.91 Å². The molecule has 0 bridgehead atoms. The maximum atomic E-state index is 13.3. The second-order valence-electron chi connectivity index (χ2n) is 7.27. The van der Waals surface area contributed by atoms with E-state index in [1.807, 2.05) is 29.2 Å². The number of benzene rings is 1. The fourth-order valence-electron chi connectivity index (χ4n) is 3.42. The van der Waals surface area contributed by atoms with Gasteiger partial charge in [0.2, 0.25) is 5.91 Å². The summed E-state index contributed by atoms with van der Waals surface area (Å²) in [5.74, 6) is 1.41. The molecule has 8 nitrogen and oxygen atoms in total. The summed E-state index contributed by atoms with van der Waals surface area (Å²) >= 11 is 0. The van der Waals surface area contributed by atoms with Gasteiger partial charge in [-0.05, 0) is 53.4 Å². The molecule has 0 spiro atoms. The third-order valence-electron chi connectivity index (χ3n) is 5.16. The second-order valence-corrected chi connectivity index (χ2v) is 7.27. The highest BCUT2D eigenvalue weighted by molar-refractivity contribution is 5.81. The van der Waals surface area contributed by atoms with Crippen LogP contribution < -0.4 is 10.5 Å². The first-order valence-electron chi connectivity index (χ1n) is 8.82. The lowest BCUT2D eigenvalue weighted by atomic mass is 9.90. The van der Waals surface area contributed by atoms with Crippen LogP contribution in [-0.2, 0) is 11.2 Å². The van der Waals surface area contributed by atoms with Gasteiger partial charge in [-0.15, -0.1) is 5.10 Å². The molecule has 3 rings (SSSR count).